The van der Waals surface area contributed by atoms with Crippen molar-refractivity contribution >= 4 is 16.9 Å². The number of hydrogen-bond donors (Lipinski definition) is 5. The monoisotopic (exact) mass is 324 g/mol. The van der Waals surface area contributed by atoms with Gasteiger partial charge in [0.05, 0.1) is 12.0 Å². The number of ether oxygens (including phenoxy) is 1. The van der Waals surface area contributed by atoms with Crippen LogP contribution in [0.2, 0.25) is 0 Å². The summed E-state index contributed by atoms with van der Waals surface area (Å²) in [5.74, 6) is 0.252. The first kappa shape index (κ1) is 16.1. The van der Waals surface area contributed by atoms with Gasteiger partial charge in [0.15, 0.2) is 12.0 Å². The maximum atomic E-state index is 10.6. The van der Waals surface area contributed by atoms with Gasteiger partial charge in [-0.2, -0.15) is 0 Å². The molecule has 2 aromatic heterocycles. The summed E-state index contributed by atoms with van der Waals surface area (Å²) in [4.78, 5) is 8.19. The lowest BCUT2D eigenvalue weighted by Crippen LogP contribution is -2.44. The molecule has 9 heteroatoms. The molecule has 0 aromatic carbocycles. The highest BCUT2D eigenvalue weighted by Gasteiger charge is 2.53. The van der Waals surface area contributed by atoms with Gasteiger partial charge in [0.25, 0.3) is 0 Å². The Labute approximate surface area is 132 Å². The maximum absolute atomic E-state index is 10.6. The van der Waals surface area contributed by atoms with Crippen molar-refractivity contribution in [1.29, 1.82) is 0 Å². The van der Waals surface area contributed by atoms with Crippen LogP contribution in [-0.4, -0.2) is 59.5 Å². The van der Waals surface area contributed by atoms with Crippen LogP contribution in [0.1, 0.15) is 25.6 Å². The third-order valence-corrected chi connectivity index (χ3v) is 4.36. The Bertz CT molecular complexity index is 717. The summed E-state index contributed by atoms with van der Waals surface area (Å²) in [6, 6.07) is 0. The Morgan fingerprint density at radius 2 is 2.17 bits per heavy atom. The summed E-state index contributed by atoms with van der Waals surface area (Å²) >= 11 is 0. The van der Waals surface area contributed by atoms with Crippen molar-refractivity contribution in [3.8, 4) is 0 Å². The molecule has 0 saturated carbocycles. The lowest BCUT2D eigenvalue weighted by Gasteiger charge is -2.27. The standard InChI is InChI=1S/C14H20N4O5/c1-3-7-4-18(12-9(7)11(17-22)15-6-16-12)13-14(2,21)10(20)8(5-19)23-13/h4,6,8,10,13,19-22H,3,5H2,1-2H3,(H,15,16,17)/t8?,10?,13?,14-/m1/s1. The number of nitrogens with zero attached hydrogens (tertiary/aromatic N) is 3. The zero-order valence-corrected chi connectivity index (χ0v) is 12.8. The summed E-state index contributed by atoms with van der Waals surface area (Å²) in [6.07, 6.45) is 0.601. The van der Waals surface area contributed by atoms with Gasteiger partial charge >= 0.3 is 0 Å². The van der Waals surface area contributed by atoms with Crippen molar-refractivity contribution in [1.82, 2.24) is 14.5 Å². The van der Waals surface area contributed by atoms with Gasteiger partial charge < -0.3 is 24.6 Å². The number of aromatic nitrogens is 3. The van der Waals surface area contributed by atoms with Crippen molar-refractivity contribution in [2.45, 2.75) is 44.3 Å². The fraction of sp³-hybridized carbons (Fsp3) is 0.571. The van der Waals surface area contributed by atoms with E-state index >= 15 is 0 Å². The molecule has 4 atom stereocenters. The third-order valence-electron chi connectivity index (χ3n) is 4.36. The van der Waals surface area contributed by atoms with Crippen LogP contribution in [-0.2, 0) is 11.2 Å². The van der Waals surface area contributed by atoms with E-state index in [0.717, 1.165) is 5.56 Å². The minimum Gasteiger partial charge on any atom is -0.394 e. The number of nitrogens with one attached hydrogen (secondary N) is 1. The molecule has 0 aliphatic carbocycles. The second-order valence-electron chi connectivity index (χ2n) is 5.83. The Morgan fingerprint density at radius 3 is 2.74 bits per heavy atom. The normalized spacial score (nSPS) is 31.0. The van der Waals surface area contributed by atoms with Gasteiger partial charge in [0.2, 0.25) is 0 Å². The second kappa shape index (κ2) is 5.69. The fourth-order valence-electron chi connectivity index (χ4n) is 3.08. The van der Waals surface area contributed by atoms with Gasteiger partial charge in [-0.15, -0.1) is 0 Å². The molecular weight excluding hydrogens is 304 g/mol. The molecule has 5 N–H and O–H groups in total. The Balaban J connectivity index is 2.18. The first-order valence-corrected chi connectivity index (χ1v) is 7.36. The SMILES string of the molecule is CCc1cn(C2OC(CO)C(O)[C@@]2(C)O)c2ncnc(NO)c12. The van der Waals surface area contributed by atoms with Gasteiger partial charge in [0, 0.05) is 6.20 Å². The summed E-state index contributed by atoms with van der Waals surface area (Å²) in [5, 5.41) is 40.0. The average Bonchev–Trinajstić information content (AvgIpc) is 3.03. The second-order valence-corrected chi connectivity index (χ2v) is 5.83. The molecule has 3 rings (SSSR count). The van der Waals surface area contributed by atoms with E-state index in [1.165, 1.54) is 13.3 Å². The zero-order chi connectivity index (χ0) is 16.8. The first-order chi connectivity index (χ1) is 11.0. The van der Waals surface area contributed by atoms with Crippen LogP contribution in [0.5, 0.6) is 0 Å². The van der Waals surface area contributed by atoms with Crippen LogP contribution in [0.3, 0.4) is 0 Å². The number of aliphatic hydroxyl groups is 3. The van der Waals surface area contributed by atoms with Crippen molar-refractivity contribution in [2.24, 2.45) is 0 Å². The van der Waals surface area contributed by atoms with E-state index in [-0.39, 0.29) is 5.82 Å². The Hall–Kier alpha value is -1.78. The van der Waals surface area contributed by atoms with Crippen molar-refractivity contribution in [3.63, 3.8) is 0 Å². The number of rotatable bonds is 4. The molecule has 1 aliphatic rings. The maximum Gasteiger partial charge on any atom is 0.167 e. The van der Waals surface area contributed by atoms with E-state index in [1.807, 2.05) is 12.4 Å². The van der Waals surface area contributed by atoms with Gasteiger partial charge in [-0.05, 0) is 18.9 Å². The molecule has 0 radical (unpaired) electrons. The summed E-state index contributed by atoms with van der Waals surface area (Å²) < 4.78 is 7.23. The molecular formula is C14H20N4O5. The van der Waals surface area contributed by atoms with Gasteiger partial charge in [0.1, 0.15) is 29.8 Å². The molecule has 0 amide bonds. The minimum absolute atomic E-state index is 0.252. The van der Waals surface area contributed by atoms with E-state index in [0.29, 0.717) is 17.5 Å². The Morgan fingerprint density at radius 1 is 1.43 bits per heavy atom. The predicted molar refractivity (Wildman–Crippen MR) is 79.9 cm³/mol. The fourth-order valence-corrected chi connectivity index (χ4v) is 3.08. The largest absolute Gasteiger partial charge is 0.394 e. The van der Waals surface area contributed by atoms with Gasteiger partial charge in [-0.1, -0.05) is 6.92 Å². The van der Waals surface area contributed by atoms with Crippen molar-refractivity contribution in [3.05, 3.63) is 18.1 Å². The average molecular weight is 324 g/mol. The zero-order valence-electron chi connectivity index (χ0n) is 12.8. The summed E-state index contributed by atoms with van der Waals surface area (Å²) in [6.45, 7) is 2.97. The molecule has 1 saturated heterocycles. The lowest BCUT2D eigenvalue weighted by atomic mass is 9.96. The lowest BCUT2D eigenvalue weighted by molar-refractivity contribution is -0.0948. The number of aryl methyl sites for hydroxylation is 1. The molecule has 0 spiro atoms. The molecule has 2 aromatic rings. The first-order valence-electron chi connectivity index (χ1n) is 7.36. The van der Waals surface area contributed by atoms with E-state index in [4.69, 9.17) is 4.74 Å². The smallest absolute Gasteiger partial charge is 0.167 e. The van der Waals surface area contributed by atoms with Crippen LogP contribution >= 0.6 is 0 Å². The number of hydrogen-bond acceptors (Lipinski definition) is 8. The molecule has 3 unspecified atom stereocenters. The summed E-state index contributed by atoms with van der Waals surface area (Å²) in [5.41, 5.74) is 1.73. The molecule has 0 bridgehead atoms. The van der Waals surface area contributed by atoms with Crippen molar-refractivity contribution in [2.75, 3.05) is 12.1 Å². The Kier molecular flexibility index (Phi) is 3.98. The van der Waals surface area contributed by atoms with Crippen LogP contribution in [0.15, 0.2) is 12.5 Å². The van der Waals surface area contributed by atoms with Crippen LogP contribution in [0.4, 0.5) is 5.82 Å². The molecule has 9 nitrogen and oxygen atoms in total. The van der Waals surface area contributed by atoms with Gasteiger partial charge in [-0.3, -0.25) is 10.7 Å². The minimum atomic E-state index is -1.61. The molecule has 1 fully saturated rings. The molecule has 126 valence electrons. The van der Waals surface area contributed by atoms with Crippen LogP contribution in [0, 0.1) is 0 Å². The highest BCUT2D eigenvalue weighted by atomic mass is 16.6. The highest BCUT2D eigenvalue weighted by molar-refractivity contribution is 5.90. The number of fused-ring (bicyclic) bond motifs is 1. The highest BCUT2D eigenvalue weighted by Crippen LogP contribution is 2.41. The van der Waals surface area contributed by atoms with Crippen LogP contribution in [0.25, 0.3) is 11.0 Å². The topological polar surface area (TPSA) is 133 Å². The van der Waals surface area contributed by atoms with Crippen molar-refractivity contribution < 1.29 is 25.3 Å². The quantitative estimate of drug-likeness (QED) is 0.488. The van der Waals surface area contributed by atoms with E-state index in [9.17, 15) is 20.5 Å². The van der Waals surface area contributed by atoms with E-state index in [2.05, 4.69) is 9.97 Å². The van der Waals surface area contributed by atoms with E-state index in [1.54, 1.807) is 10.8 Å². The molecule has 23 heavy (non-hydrogen) atoms. The number of aliphatic hydroxyl groups excluding tert-OH is 2. The third kappa shape index (κ3) is 2.28. The van der Waals surface area contributed by atoms with Crippen LogP contribution < -0.4 is 5.48 Å². The van der Waals surface area contributed by atoms with Gasteiger partial charge in [-0.25, -0.2) is 9.97 Å². The summed E-state index contributed by atoms with van der Waals surface area (Å²) in [7, 11) is 0. The van der Waals surface area contributed by atoms with E-state index < -0.39 is 30.6 Å². The predicted octanol–water partition coefficient (Wildman–Crippen LogP) is -0.204. The molecule has 3 heterocycles. The number of anilines is 1. The molecule has 1 aliphatic heterocycles.